The van der Waals surface area contributed by atoms with E-state index in [0.29, 0.717) is 29.2 Å². The zero-order chi connectivity index (χ0) is 32.8. The van der Waals surface area contributed by atoms with E-state index in [1.807, 2.05) is 48.5 Å². The molecule has 0 spiro atoms. The fraction of sp³-hybridized carbons (Fsp3) is 0.200. The maximum absolute atomic E-state index is 15.1. The van der Waals surface area contributed by atoms with Crippen molar-refractivity contribution in [2.45, 2.75) is 25.4 Å². The molecular weight excluding hydrogens is 640 g/mol. The quantitative estimate of drug-likeness (QED) is 0.155. The van der Waals surface area contributed by atoms with E-state index in [0.717, 1.165) is 40.2 Å². The molecule has 0 bridgehead atoms. The highest BCUT2D eigenvalue weighted by Gasteiger charge is 2.21. The Balaban J connectivity index is 1.08. The first-order valence-corrected chi connectivity index (χ1v) is 16.2. The van der Waals surface area contributed by atoms with Gasteiger partial charge in [-0.05, 0) is 78.7 Å². The number of hydrogen-bond acceptors (Lipinski definition) is 8. The lowest BCUT2D eigenvalue weighted by Gasteiger charge is -2.20. The van der Waals surface area contributed by atoms with Gasteiger partial charge >= 0.3 is 6.09 Å². The van der Waals surface area contributed by atoms with E-state index < -0.39 is 11.9 Å². The van der Waals surface area contributed by atoms with E-state index in [-0.39, 0.29) is 29.3 Å². The van der Waals surface area contributed by atoms with Gasteiger partial charge in [-0.25, -0.2) is 9.18 Å². The lowest BCUT2D eigenvalue weighted by atomic mass is 10.1. The number of nitrogens with zero attached hydrogens (tertiary/aromatic N) is 2. The maximum atomic E-state index is 15.1. The molecule has 0 saturated carbocycles. The van der Waals surface area contributed by atoms with Gasteiger partial charge in [0.25, 0.3) is 0 Å². The standard InChI is InChI=1S/C35H31FN4O5S2/c1-40(21-26-8-5-17-43-26)35(42)44-25-12-9-23(10-13-25)31-20-28-33(47-31)30(15-16-37-28)45-29-14-11-24(19-27(29)36)38-34(46)39-32(41)18-22-6-3-2-4-7-22/h2-4,6-7,9-16,19-20,26H,5,8,17-18,21H2,1H3,(H2,38,39,41,46). The summed E-state index contributed by atoms with van der Waals surface area (Å²) in [7, 11) is 1.70. The number of likely N-dealkylation sites (N-methyl/N-ethyl adjacent to an activating group) is 1. The van der Waals surface area contributed by atoms with Crippen LogP contribution in [0.3, 0.4) is 0 Å². The predicted octanol–water partition coefficient (Wildman–Crippen LogP) is 7.56. The van der Waals surface area contributed by atoms with Crippen molar-refractivity contribution in [3.8, 4) is 27.7 Å². The number of halogens is 1. The number of ether oxygens (including phenoxy) is 3. The number of anilines is 1. The van der Waals surface area contributed by atoms with E-state index in [1.54, 1.807) is 37.5 Å². The molecule has 3 heterocycles. The van der Waals surface area contributed by atoms with Crippen LogP contribution in [0.15, 0.2) is 91.1 Å². The predicted molar refractivity (Wildman–Crippen MR) is 184 cm³/mol. The van der Waals surface area contributed by atoms with Crippen molar-refractivity contribution in [3.05, 3.63) is 103 Å². The topological polar surface area (TPSA) is 102 Å². The smallest absolute Gasteiger partial charge is 0.415 e. The Hall–Kier alpha value is -4.91. The number of thiophene rings is 1. The maximum Gasteiger partial charge on any atom is 0.415 e. The lowest BCUT2D eigenvalue weighted by Crippen LogP contribution is -2.35. The Morgan fingerprint density at radius 2 is 1.87 bits per heavy atom. The minimum atomic E-state index is -0.610. The summed E-state index contributed by atoms with van der Waals surface area (Å²) in [5.74, 6) is 0.0210. The average Bonchev–Trinajstić information content (AvgIpc) is 3.74. The summed E-state index contributed by atoms with van der Waals surface area (Å²) in [6.45, 7) is 1.22. The number of aromatic nitrogens is 1. The molecule has 0 aliphatic carbocycles. The van der Waals surface area contributed by atoms with Crippen LogP contribution >= 0.6 is 23.6 Å². The normalized spacial score (nSPS) is 14.0. The van der Waals surface area contributed by atoms with Gasteiger partial charge in [-0.2, -0.15) is 0 Å². The van der Waals surface area contributed by atoms with Crippen molar-refractivity contribution in [2.24, 2.45) is 0 Å². The first kappa shape index (κ1) is 32.0. The third kappa shape index (κ3) is 8.28. The highest BCUT2D eigenvalue weighted by molar-refractivity contribution is 7.80. The van der Waals surface area contributed by atoms with Gasteiger partial charge in [0.1, 0.15) is 11.5 Å². The van der Waals surface area contributed by atoms with Crippen LogP contribution in [0.5, 0.6) is 17.2 Å². The summed E-state index contributed by atoms with van der Waals surface area (Å²) in [5, 5.41) is 5.51. The second kappa shape index (κ2) is 14.7. The molecule has 1 unspecified atom stereocenters. The van der Waals surface area contributed by atoms with Crippen molar-refractivity contribution in [1.29, 1.82) is 0 Å². The van der Waals surface area contributed by atoms with Gasteiger partial charge in [0, 0.05) is 49.1 Å². The molecule has 5 aromatic rings. The average molecular weight is 671 g/mol. The molecule has 240 valence electrons. The molecule has 6 rings (SSSR count). The van der Waals surface area contributed by atoms with Gasteiger partial charge in [-0.3, -0.25) is 9.78 Å². The summed E-state index contributed by atoms with van der Waals surface area (Å²) in [5.41, 5.74) is 2.82. The van der Waals surface area contributed by atoms with Crippen molar-refractivity contribution in [2.75, 3.05) is 25.5 Å². The Labute approximate surface area is 280 Å². The zero-order valence-corrected chi connectivity index (χ0v) is 27.0. The molecule has 2 amide bonds. The Kier molecular flexibility index (Phi) is 10.0. The molecule has 3 aromatic carbocycles. The molecule has 9 nitrogen and oxygen atoms in total. The number of fused-ring (bicyclic) bond motifs is 1. The number of hydrogen-bond donors (Lipinski definition) is 2. The molecular formula is C35H31FN4O5S2. The minimum absolute atomic E-state index is 0.0210. The molecule has 1 saturated heterocycles. The number of carbonyl (C=O) groups is 2. The SMILES string of the molecule is CN(CC1CCCO1)C(=O)Oc1ccc(-c2cc3nccc(Oc4ccc(NC(=S)NC(=O)Cc5ccccc5)cc4F)c3s2)cc1. The number of rotatable bonds is 9. The summed E-state index contributed by atoms with van der Waals surface area (Å²) in [4.78, 5) is 31.7. The van der Waals surface area contributed by atoms with Gasteiger partial charge in [0.15, 0.2) is 16.7 Å². The van der Waals surface area contributed by atoms with Gasteiger partial charge in [0.05, 0.1) is 22.7 Å². The Morgan fingerprint density at radius 3 is 2.62 bits per heavy atom. The number of amides is 2. The fourth-order valence-corrected chi connectivity index (χ4v) is 6.37. The van der Waals surface area contributed by atoms with E-state index in [1.165, 1.54) is 28.4 Å². The molecule has 47 heavy (non-hydrogen) atoms. The molecule has 12 heteroatoms. The van der Waals surface area contributed by atoms with E-state index in [9.17, 15) is 9.59 Å². The molecule has 1 atom stereocenters. The molecule has 2 N–H and O–H groups in total. The number of thiocarbonyl (C=S) groups is 1. The molecule has 1 aliphatic rings. The second-order valence-corrected chi connectivity index (χ2v) is 12.4. The van der Waals surface area contributed by atoms with E-state index in [4.69, 9.17) is 26.4 Å². The van der Waals surface area contributed by atoms with Crippen LogP contribution in [0.4, 0.5) is 14.9 Å². The highest BCUT2D eigenvalue weighted by Crippen LogP contribution is 2.40. The van der Waals surface area contributed by atoms with Crippen molar-refractivity contribution in [3.63, 3.8) is 0 Å². The molecule has 1 aliphatic heterocycles. The first-order chi connectivity index (χ1) is 22.8. The summed E-state index contributed by atoms with van der Waals surface area (Å²) >= 11 is 6.69. The number of carbonyl (C=O) groups excluding carboxylic acids is 2. The molecule has 0 radical (unpaired) electrons. The third-order valence-corrected chi connectivity index (χ3v) is 8.80. The van der Waals surface area contributed by atoms with Crippen molar-refractivity contribution < 1.29 is 28.2 Å². The minimum Gasteiger partial charge on any atom is -0.453 e. The fourth-order valence-electron chi connectivity index (χ4n) is 5.07. The van der Waals surface area contributed by atoms with Crippen LogP contribution in [-0.2, 0) is 16.0 Å². The zero-order valence-electron chi connectivity index (χ0n) is 25.4. The van der Waals surface area contributed by atoms with Crippen molar-refractivity contribution >= 4 is 56.6 Å². The van der Waals surface area contributed by atoms with Crippen LogP contribution in [-0.4, -0.2) is 53.3 Å². The van der Waals surface area contributed by atoms with E-state index >= 15 is 4.39 Å². The molecule has 2 aromatic heterocycles. The van der Waals surface area contributed by atoms with Gasteiger partial charge in [-0.15, -0.1) is 11.3 Å². The second-order valence-electron chi connectivity index (χ2n) is 11.0. The van der Waals surface area contributed by atoms with Crippen LogP contribution < -0.4 is 20.1 Å². The summed E-state index contributed by atoms with van der Waals surface area (Å²) < 4.78 is 33.0. The molecule has 1 fully saturated rings. The van der Waals surface area contributed by atoms with Gasteiger partial charge in [0.2, 0.25) is 5.91 Å². The number of nitrogens with one attached hydrogen (secondary N) is 2. The largest absolute Gasteiger partial charge is 0.453 e. The monoisotopic (exact) mass is 670 g/mol. The number of benzene rings is 3. The Morgan fingerprint density at radius 1 is 1.06 bits per heavy atom. The van der Waals surface area contributed by atoms with Gasteiger partial charge in [-0.1, -0.05) is 30.3 Å². The first-order valence-electron chi connectivity index (χ1n) is 15.0. The number of pyridine rings is 1. The van der Waals surface area contributed by atoms with E-state index in [2.05, 4.69) is 15.6 Å². The Bertz CT molecular complexity index is 1900. The van der Waals surface area contributed by atoms with Crippen LogP contribution in [0.25, 0.3) is 20.7 Å². The summed E-state index contributed by atoms with van der Waals surface area (Å²) in [6, 6.07) is 24.5. The highest BCUT2D eigenvalue weighted by atomic mass is 32.1. The van der Waals surface area contributed by atoms with Gasteiger partial charge < -0.3 is 29.7 Å². The van der Waals surface area contributed by atoms with Crippen LogP contribution in [0.2, 0.25) is 0 Å². The van der Waals surface area contributed by atoms with Crippen LogP contribution in [0, 0.1) is 5.82 Å². The van der Waals surface area contributed by atoms with Crippen LogP contribution in [0.1, 0.15) is 18.4 Å². The van der Waals surface area contributed by atoms with Crippen molar-refractivity contribution in [1.82, 2.24) is 15.2 Å². The summed E-state index contributed by atoms with van der Waals surface area (Å²) in [6.07, 6.45) is 3.33. The third-order valence-electron chi connectivity index (χ3n) is 7.40. The lowest BCUT2D eigenvalue weighted by molar-refractivity contribution is -0.119.